The molecule has 1 saturated heterocycles. The third-order valence-corrected chi connectivity index (χ3v) is 3.24. The van der Waals surface area contributed by atoms with Gasteiger partial charge in [0.1, 0.15) is 6.10 Å². The molecule has 1 aliphatic carbocycles. The van der Waals surface area contributed by atoms with E-state index in [0.29, 0.717) is 6.42 Å². The lowest BCUT2D eigenvalue weighted by molar-refractivity contribution is -0.180. The summed E-state index contributed by atoms with van der Waals surface area (Å²) in [5.41, 5.74) is -1.37. The maximum atomic E-state index is 12.0. The van der Waals surface area contributed by atoms with Gasteiger partial charge in [-0.25, -0.2) is 0 Å². The number of hydrogen-bond donors (Lipinski definition) is 0. The number of carbonyl (C=O) groups excluding carboxylic acids is 2. The van der Waals surface area contributed by atoms with Crippen LogP contribution in [0.1, 0.15) is 6.42 Å². The fourth-order valence-corrected chi connectivity index (χ4v) is 2.30. The number of carbonyl (C=O) groups is 2. The lowest BCUT2D eigenvalue weighted by Crippen LogP contribution is -2.55. The summed E-state index contributed by atoms with van der Waals surface area (Å²) < 4.78 is 9.90. The van der Waals surface area contributed by atoms with Gasteiger partial charge in [0.2, 0.25) is 0 Å². The van der Waals surface area contributed by atoms with Gasteiger partial charge in [-0.1, -0.05) is 6.08 Å². The van der Waals surface area contributed by atoms with Gasteiger partial charge >= 0.3 is 11.9 Å². The molecule has 3 aliphatic rings. The van der Waals surface area contributed by atoms with E-state index in [1.54, 1.807) is 37.5 Å². The highest BCUT2D eigenvalue weighted by atomic mass is 16.6. The number of esters is 2. The first-order chi connectivity index (χ1) is 8.50. The Kier molecular flexibility index (Phi) is 3.11. The third-order valence-electron chi connectivity index (χ3n) is 3.24. The zero-order valence-corrected chi connectivity index (χ0v) is 10.6. The van der Waals surface area contributed by atoms with E-state index < -0.39 is 17.4 Å². The summed E-state index contributed by atoms with van der Waals surface area (Å²) in [6, 6.07) is 0. The van der Waals surface area contributed by atoms with Crippen molar-refractivity contribution in [2.24, 2.45) is 16.4 Å². The van der Waals surface area contributed by atoms with Gasteiger partial charge in [0.05, 0.1) is 7.11 Å². The zero-order valence-electron chi connectivity index (χ0n) is 10.6. The van der Waals surface area contributed by atoms with Crippen molar-refractivity contribution in [3.63, 3.8) is 0 Å². The van der Waals surface area contributed by atoms with E-state index in [1.807, 2.05) is 0 Å². The van der Waals surface area contributed by atoms with Crippen LogP contribution in [0.15, 0.2) is 17.3 Å². The van der Waals surface area contributed by atoms with E-state index in [2.05, 4.69) is 5.10 Å². The highest BCUT2D eigenvalue weighted by Crippen LogP contribution is 2.44. The van der Waals surface area contributed by atoms with Crippen LogP contribution in [0.25, 0.3) is 0 Å². The number of fused-ring (bicyclic) bond motifs is 2. The number of hydrogen-bond acceptors (Lipinski definition) is 6. The number of hydrazone groups is 1. The number of methoxy groups -OCH3 is 1. The molecule has 0 N–H and O–H groups in total. The average molecular weight is 252 g/mol. The average Bonchev–Trinajstić information content (AvgIpc) is 2.35. The lowest BCUT2D eigenvalue weighted by atomic mass is 9.67. The first-order valence-corrected chi connectivity index (χ1v) is 5.71. The minimum Gasteiger partial charge on any atom is -0.468 e. The number of nitrogens with zero attached hydrogens (tertiary/aromatic N) is 2. The topological polar surface area (TPSA) is 68.2 Å². The molecule has 0 aromatic heterocycles. The van der Waals surface area contributed by atoms with E-state index >= 15 is 0 Å². The van der Waals surface area contributed by atoms with E-state index in [4.69, 9.17) is 9.47 Å². The predicted molar refractivity (Wildman–Crippen MR) is 63.8 cm³/mol. The van der Waals surface area contributed by atoms with Gasteiger partial charge in [-0.3, -0.25) is 9.59 Å². The molecule has 2 aliphatic heterocycles. The van der Waals surface area contributed by atoms with Crippen molar-refractivity contribution < 1.29 is 19.1 Å². The minimum atomic E-state index is -1.37. The van der Waals surface area contributed by atoms with Crippen LogP contribution >= 0.6 is 0 Å². The zero-order chi connectivity index (χ0) is 13.3. The molecule has 0 radical (unpaired) electrons. The van der Waals surface area contributed by atoms with Crippen LogP contribution in [-0.2, 0) is 19.1 Å². The van der Waals surface area contributed by atoms with E-state index in [1.165, 1.54) is 7.11 Å². The molecule has 0 amide bonds. The van der Waals surface area contributed by atoms with Crippen molar-refractivity contribution in [1.82, 2.24) is 5.01 Å². The van der Waals surface area contributed by atoms with Crippen LogP contribution in [0.4, 0.5) is 0 Å². The molecule has 6 nitrogen and oxygen atoms in total. The molecule has 2 heterocycles. The van der Waals surface area contributed by atoms with E-state index in [0.717, 1.165) is 0 Å². The Hall–Kier alpha value is -1.85. The highest BCUT2D eigenvalue weighted by Gasteiger charge is 2.58. The van der Waals surface area contributed by atoms with Gasteiger partial charge in [0.25, 0.3) is 0 Å². The number of rotatable bonds is 3. The first-order valence-electron chi connectivity index (χ1n) is 5.71. The molecule has 0 unspecified atom stereocenters. The monoisotopic (exact) mass is 252 g/mol. The maximum absolute atomic E-state index is 12.0. The van der Waals surface area contributed by atoms with Crippen LogP contribution in [0.2, 0.25) is 0 Å². The van der Waals surface area contributed by atoms with Gasteiger partial charge in [0.15, 0.2) is 5.41 Å². The molecular formula is C12H16N2O4. The van der Waals surface area contributed by atoms with E-state index in [9.17, 15) is 9.59 Å². The van der Waals surface area contributed by atoms with Crippen molar-refractivity contribution in [2.45, 2.75) is 12.5 Å². The third kappa shape index (κ3) is 1.77. The molecule has 0 saturated carbocycles. The van der Waals surface area contributed by atoms with Crippen molar-refractivity contribution >= 4 is 18.2 Å². The Morgan fingerprint density at radius 2 is 2.39 bits per heavy atom. The fourth-order valence-electron chi connectivity index (χ4n) is 2.30. The van der Waals surface area contributed by atoms with Crippen molar-refractivity contribution in [3.8, 4) is 0 Å². The molecule has 0 aromatic carbocycles. The van der Waals surface area contributed by atoms with Crippen molar-refractivity contribution in [3.05, 3.63) is 12.2 Å². The van der Waals surface area contributed by atoms with Crippen molar-refractivity contribution in [2.75, 3.05) is 21.2 Å². The fraction of sp³-hybridized carbons (Fsp3) is 0.583. The van der Waals surface area contributed by atoms with Crippen LogP contribution in [0, 0.1) is 11.3 Å². The normalized spacial score (nSPS) is 33.6. The van der Waals surface area contributed by atoms with Crippen LogP contribution < -0.4 is 0 Å². The largest absolute Gasteiger partial charge is 0.468 e. The second kappa shape index (κ2) is 4.44. The molecule has 1 fully saturated rings. The summed E-state index contributed by atoms with van der Waals surface area (Å²) in [6.07, 6.45) is 5.22. The Morgan fingerprint density at radius 1 is 1.67 bits per heavy atom. The standard InChI is InChI=1S/C12H16N2O4/c1-14(2)13-7-8-6-9-4-5-12(8,10(15)17-3)11(16)18-9/h4-5,7-9H,6H2,1-3H3/b13-7+/t8-,9+,12-/m1/s1. The second-order valence-corrected chi connectivity index (χ2v) is 4.62. The van der Waals surface area contributed by atoms with Gasteiger partial charge < -0.3 is 14.5 Å². The van der Waals surface area contributed by atoms with Gasteiger partial charge in [0, 0.05) is 26.2 Å². The molecule has 98 valence electrons. The Bertz CT molecular complexity index is 430. The van der Waals surface area contributed by atoms with Crippen LogP contribution in [0.3, 0.4) is 0 Å². The molecule has 3 atom stereocenters. The molecule has 0 aromatic rings. The van der Waals surface area contributed by atoms with Crippen LogP contribution in [-0.4, -0.2) is 50.5 Å². The summed E-state index contributed by atoms with van der Waals surface area (Å²) in [7, 11) is 4.81. The quantitative estimate of drug-likeness (QED) is 0.236. The van der Waals surface area contributed by atoms with E-state index in [-0.39, 0.29) is 12.0 Å². The molecule has 0 spiro atoms. The summed E-state index contributed by atoms with van der Waals surface area (Å²) in [5, 5.41) is 5.74. The summed E-state index contributed by atoms with van der Waals surface area (Å²) in [6.45, 7) is 0. The van der Waals surface area contributed by atoms with Crippen LogP contribution in [0.5, 0.6) is 0 Å². The molecule has 6 heteroatoms. The lowest BCUT2D eigenvalue weighted by Gasteiger charge is -2.42. The second-order valence-electron chi connectivity index (χ2n) is 4.62. The summed E-state index contributed by atoms with van der Waals surface area (Å²) in [5.74, 6) is -1.48. The SMILES string of the molecule is COC(=O)[C@@]12C=C[C@@H](C[C@@H]1/C=N/N(C)C)OC2=O. The van der Waals surface area contributed by atoms with Gasteiger partial charge in [-0.15, -0.1) is 0 Å². The first kappa shape index (κ1) is 12.6. The highest BCUT2D eigenvalue weighted by molar-refractivity contribution is 6.06. The maximum Gasteiger partial charge on any atom is 0.328 e. The molecular weight excluding hydrogens is 236 g/mol. The molecule has 2 bridgehead atoms. The smallest absolute Gasteiger partial charge is 0.328 e. The van der Waals surface area contributed by atoms with Crippen molar-refractivity contribution in [1.29, 1.82) is 0 Å². The number of ether oxygens (including phenoxy) is 2. The summed E-state index contributed by atoms with van der Waals surface area (Å²) >= 11 is 0. The van der Waals surface area contributed by atoms with Gasteiger partial charge in [-0.2, -0.15) is 5.10 Å². The Morgan fingerprint density at radius 3 is 2.94 bits per heavy atom. The molecule has 18 heavy (non-hydrogen) atoms. The Labute approximate surface area is 105 Å². The minimum absolute atomic E-state index is 0.275. The Balaban J connectivity index is 2.38. The van der Waals surface area contributed by atoms with Gasteiger partial charge in [-0.05, 0) is 12.5 Å². The summed E-state index contributed by atoms with van der Waals surface area (Å²) in [4.78, 5) is 23.9. The molecule has 3 rings (SSSR count). The predicted octanol–water partition coefficient (Wildman–Crippen LogP) is 0.195.